The normalized spacial score (nSPS) is 10.2. The van der Waals surface area contributed by atoms with E-state index in [1.165, 1.54) is 12.1 Å². The molecule has 0 atom stereocenters. The molecule has 0 bridgehead atoms. The average Bonchev–Trinajstić information content (AvgIpc) is 2.24. The van der Waals surface area contributed by atoms with Gasteiger partial charge in [0.1, 0.15) is 5.82 Å². The van der Waals surface area contributed by atoms with Gasteiger partial charge in [0.25, 0.3) is 5.91 Å². The summed E-state index contributed by atoms with van der Waals surface area (Å²) in [6.45, 7) is 2.37. The molecule has 0 aliphatic rings. The van der Waals surface area contributed by atoms with Gasteiger partial charge in [0.2, 0.25) is 0 Å². The molecule has 88 valence electrons. The number of hydrogen-bond acceptors (Lipinski definition) is 1. The largest absolute Gasteiger partial charge is 0.352 e. The smallest absolute Gasteiger partial charge is 0.254 e. The van der Waals surface area contributed by atoms with Crippen LogP contribution < -0.4 is 5.32 Å². The number of alkyl halides is 1. The summed E-state index contributed by atoms with van der Waals surface area (Å²) in [6.07, 6.45) is 1.89. The summed E-state index contributed by atoms with van der Waals surface area (Å²) in [5.41, 5.74) is 0.929. The van der Waals surface area contributed by atoms with Crippen molar-refractivity contribution in [3.8, 4) is 0 Å². The molecule has 0 spiro atoms. The van der Waals surface area contributed by atoms with Gasteiger partial charge >= 0.3 is 0 Å². The predicted octanol–water partition coefficient (Wildman–Crippen LogP) is 3.04. The van der Waals surface area contributed by atoms with Crippen molar-refractivity contribution in [1.82, 2.24) is 5.32 Å². The van der Waals surface area contributed by atoms with Crippen LogP contribution in [0.5, 0.6) is 0 Å². The Morgan fingerprint density at radius 1 is 1.44 bits per heavy atom. The number of aryl methyl sites for hydroxylation is 1. The summed E-state index contributed by atoms with van der Waals surface area (Å²) in [5.74, 6) is -0.801. The second kappa shape index (κ2) is 6.63. The van der Waals surface area contributed by atoms with Crippen molar-refractivity contribution in [2.45, 2.75) is 19.8 Å². The third-order valence-electron chi connectivity index (χ3n) is 2.22. The van der Waals surface area contributed by atoms with Crippen LogP contribution in [0.3, 0.4) is 0 Å². The zero-order valence-corrected chi connectivity index (χ0v) is 10.8. The van der Waals surface area contributed by atoms with E-state index in [4.69, 9.17) is 0 Å². The number of carbonyl (C=O) groups excluding carboxylic acids is 1. The summed E-state index contributed by atoms with van der Waals surface area (Å²) in [4.78, 5) is 11.6. The maximum Gasteiger partial charge on any atom is 0.254 e. The standard InChI is InChI=1S/C12H15BrFNO/c1-9-4-5-10(11(14)8-9)12(16)15-7-3-2-6-13/h4-5,8H,2-3,6-7H2,1H3,(H,15,16). The molecular formula is C12H15BrFNO. The van der Waals surface area contributed by atoms with Crippen LogP contribution in [0, 0.1) is 12.7 Å². The summed E-state index contributed by atoms with van der Waals surface area (Å²) in [7, 11) is 0. The summed E-state index contributed by atoms with van der Waals surface area (Å²) < 4.78 is 13.4. The van der Waals surface area contributed by atoms with Crippen LogP contribution in [0.15, 0.2) is 18.2 Å². The second-order valence-corrected chi connectivity index (χ2v) is 4.43. The van der Waals surface area contributed by atoms with E-state index in [1.807, 2.05) is 0 Å². The highest BCUT2D eigenvalue weighted by Crippen LogP contribution is 2.09. The number of carbonyl (C=O) groups is 1. The van der Waals surface area contributed by atoms with Crippen LogP contribution in [0.2, 0.25) is 0 Å². The Morgan fingerprint density at radius 3 is 2.81 bits per heavy atom. The van der Waals surface area contributed by atoms with E-state index < -0.39 is 5.82 Å². The van der Waals surface area contributed by atoms with Crippen LogP contribution in [0.25, 0.3) is 0 Å². The molecule has 0 saturated carbocycles. The minimum absolute atomic E-state index is 0.115. The van der Waals surface area contributed by atoms with Gasteiger partial charge in [0, 0.05) is 11.9 Å². The predicted molar refractivity (Wildman–Crippen MR) is 66.5 cm³/mol. The lowest BCUT2D eigenvalue weighted by molar-refractivity contribution is 0.0949. The topological polar surface area (TPSA) is 29.1 Å². The lowest BCUT2D eigenvalue weighted by Gasteiger charge is -2.06. The van der Waals surface area contributed by atoms with Crippen molar-refractivity contribution in [2.75, 3.05) is 11.9 Å². The Kier molecular flexibility index (Phi) is 5.46. The Morgan fingerprint density at radius 2 is 2.19 bits per heavy atom. The number of hydrogen-bond donors (Lipinski definition) is 1. The fourth-order valence-electron chi connectivity index (χ4n) is 1.32. The SMILES string of the molecule is Cc1ccc(C(=O)NCCCCBr)c(F)c1. The zero-order valence-electron chi connectivity index (χ0n) is 9.22. The molecule has 0 saturated heterocycles. The molecule has 0 radical (unpaired) electrons. The maximum atomic E-state index is 13.4. The van der Waals surface area contributed by atoms with E-state index in [0.29, 0.717) is 6.54 Å². The van der Waals surface area contributed by atoms with Crippen molar-refractivity contribution in [3.05, 3.63) is 35.1 Å². The highest BCUT2D eigenvalue weighted by Gasteiger charge is 2.10. The van der Waals surface area contributed by atoms with Gasteiger partial charge in [0.05, 0.1) is 5.56 Å². The molecule has 1 aromatic rings. The van der Waals surface area contributed by atoms with Gasteiger partial charge in [-0.25, -0.2) is 4.39 Å². The number of unbranched alkanes of at least 4 members (excludes halogenated alkanes) is 1. The Bertz CT molecular complexity index is 368. The molecular weight excluding hydrogens is 273 g/mol. The van der Waals surface area contributed by atoms with Gasteiger partial charge in [-0.3, -0.25) is 4.79 Å². The van der Waals surface area contributed by atoms with Gasteiger partial charge in [-0.15, -0.1) is 0 Å². The van der Waals surface area contributed by atoms with Gasteiger partial charge in [-0.2, -0.15) is 0 Å². The van der Waals surface area contributed by atoms with Crippen LogP contribution >= 0.6 is 15.9 Å². The van der Waals surface area contributed by atoms with Crippen molar-refractivity contribution in [3.63, 3.8) is 0 Å². The first kappa shape index (κ1) is 13.2. The minimum Gasteiger partial charge on any atom is -0.352 e. The zero-order chi connectivity index (χ0) is 12.0. The van der Waals surface area contributed by atoms with Crippen molar-refractivity contribution in [1.29, 1.82) is 0 Å². The maximum absolute atomic E-state index is 13.4. The van der Waals surface area contributed by atoms with E-state index in [9.17, 15) is 9.18 Å². The molecule has 1 N–H and O–H groups in total. The lowest BCUT2D eigenvalue weighted by Crippen LogP contribution is -2.25. The molecule has 0 heterocycles. The van der Waals surface area contributed by atoms with E-state index in [1.54, 1.807) is 13.0 Å². The monoisotopic (exact) mass is 287 g/mol. The first-order valence-electron chi connectivity index (χ1n) is 5.25. The molecule has 1 aromatic carbocycles. The molecule has 0 fully saturated rings. The van der Waals surface area contributed by atoms with Gasteiger partial charge in [-0.1, -0.05) is 22.0 Å². The average molecular weight is 288 g/mol. The summed E-state index contributed by atoms with van der Waals surface area (Å²) in [5, 5.41) is 3.61. The van der Waals surface area contributed by atoms with Crippen LogP contribution in [0.4, 0.5) is 4.39 Å². The third kappa shape index (κ3) is 3.93. The van der Waals surface area contributed by atoms with Crippen LogP contribution in [-0.2, 0) is 0 Å². The van der Waals surface area contributed by atoms with Gasteiger partial charge in [-0.05, 0) is 37.5 Å². The van der Waals surface area contributed by atoms with Crippen molar-refractivity contribution in [2.24, 2.45) is 0 Å². The van der Waals surface area contributed by atoms with Crippen molar-refractivity contribution >= 4 is 21.8 Å². The fourth-order valence-corrected chi connectivity index (χ4v) is 1.72. The molecule has 0 unspecified atom stereocenters. The Labute approximate surface area is 103 Å². The number of rotatable bonds is 5. The highest BCUT2D eigenvalue weighted by molar-refractivity contribution is 9.09. The summed E-state index contributed by atoms with van der Waals surface area (Å²) in [6, 6.07) is 4.62. The molecule has 0 aliphatic carbocycles. The highest BCUT2D eigenvalue weighted by atomic mass is 79.9. The minimum atomic E-state index is -0.460. The molecule has 2 nitrogen and oxygen atoms in total. The number of amides is 1. The number of benzene rings is 1. The van der Waals surface area contributed by atoms with E-state index >= 15 is 0 Å². The third-order valence-corrected chi connectivity index (χ3v) is 2.78. The first-order chi connectivity index (χ1) is 7.65. The van der Waals surface area contributed by atoms with Crippen LogP contribution in [-0.4, -0.2) is 17.8 Å². The number of nitrogens with one attached hydrogen (secondary N) is 1. The van der Waals surface area contributed by atoms with Crippen LogP contribution in [0.1, 0.15) is 28.8 Å². The molecule has 0 aromatic heterocycles. The first-order valence-corrected chi connectivity index (χ1v) is 6.37. The number of halogens is 2. The van der Waals surface area contributed by atoms with E-state index in [0.717, 1.165) is 23.7 Å². The van der Waals surface area contributed by atoms with Gasteiger partial charge in [0.15, 0.2) is 0 Å². The molecule has 1 amide bonds. The van der Waals surface area contributed by atoms with E-state index in [2.05, 4.69) is 21.2 Å². The quantitative estimate of drug-likeness (QED) is 0.655. The second-order valence-electron chi connectivity index (χ2n) is 3.64. The molecule has 0 aliphatic heterocycles. The summed E-state index contributed by atoms with van der Waals surface area (Å²) >= 11 is 3.31. The molecule has 16 heavy (non-hydrogen) atoms. The van der Waals surface area contributed by atoms with Crippen molar-refractivity contribution < 1.29 is 9.18 Å². The lowest BCUT2D eigenvalue weighted by atomic mass is 10.1. The molecule has 1 rings (SSSR count). The molecule has 4 heteroatoms. The van der Waals surface area contributed by atoms with Gasteiger partial charge < -0.3 is 5.32 Å². The Hall–Kier alpha value is -0.900. The fraction of sp³-hybridized carbons (Fsp3) is 0.417. The van der Waals surface area contributed by atoms with E-state index in [-0.39, 0.29) is 11.5 Å². The Balaban J connectivity index is 2.53.